The zero-order chi connectivity index (χ0) is 9.68. The number of benzene rings is 1. The van der Waals surface area contributed by atoms with E-state index in [1.54, 1.807) is 0 Å². The van der Waals surface area contributed by atoms with Crippen molar-refractivity contribution in [2.45, 2.75) is 26.7 Å². The summed E-state index contributed by atoms with van der Waals surface area (Å²) in [6.45, 7) is 6.60. The zero-order valence-electron chi connectivity index (χ0n) is 8.70. The van der Waals surface area contributed by atoms with E-state index in [0.29, 0.717) is 11.8 Å². The van der Waals surface area contributed by atoms with Crippen molar-refractivity contribution in [1.82, 2.24) is 0 Å². The number of allylic oxidation sites excluding steroid dienone is 2. The molecule has 0 radical (unpaired) electrons. The minimum absolute atomic E-state index is 0.561. The molecular formula is C13H18. The molecule has 13 heavy (non-hydrogen) atoms. The normalized spacial score (nSPS) is 13.8. The van der Waals surface area contributed by atoms with Crippen LogP contribution in [-0.4, -0.2) is 0 Å². The molecule has 1 aromatic carbocycles. The highest BCUT2D eigenvalue weighted by Gasteiger charge is 2.10. The third-order valence-electron chi connectivity index (χ3n) is 2.30. The van der Waals surface area contributed by atoms with Gasteiger partial charge in [-0.1, -0.05) is 56.3 Å². The Bertz CT molecular complexity index is 257. The van der Waals surface area contributed by atoms with E-state index in [9.17, 15) is 0 Å². The lowest BCUT2D eigenvalue weighted by Gasteiger charge is -2.16. The molecule has 1 atom stereocenters. The highest BCUT2D eigenvalue weighted by Crippen LogP contribution is 2.25. The van der Waals surface area contributed by atoms with Crippen LogP contribution >= 0.6 is 0 Å². The molecular weight excluding hydrogens is 156 g/mol. The van der Waals surface area contributed by atoms with Gasteiger partial charge in [0, 0.05) is 5.92 Å². The molecule has 0 aromatic heterocycles. The molecule has 0 nitrogen and oxygen atoms in total. The van der Waals surface area contributed by atoms with E-state index in [1.165, 1.54) is 5.56 Å². The molecule has 0 N–H and O–H groups in total. The minimum Gasteiger partial charge on any atom is -0.0910 e. The molecule has 0 bridgehead atoms. The Morgan fingerprint density at radius 2 is 1.69 bits per heavy atom. The first-order chi connectivity index (χ1) is 6.25. The summed E-state index contributed by atoms with van der Waals surface area (Å²) in [5, 5.41) is 0. The van der Waals surface area contributed by atoms with Crippen molar-refractivity contribution in [2.75, 3.05) is 0 Å². The summed E-state index contributed by atoms with van der Waals surface area (Å²) in [4.78, 5) is 0. The van der Waals surface area contributed by atoms with Crippen molar-refractivity contribution in [3.05, 3.63) is 48.0 Å². The van der Waals surface area contributed by atoms with Crippen LogP contribution in [0.25, 0.3) is 0 Å². The fourth-order valence-electron chi connectivity index (χ4n) is 1.60. The lowest BCUT2D eigenvalue weighted by molar-refractivity contribution is 0.578. The fraction of sp³-hybridized carbons (Fsp3) is 0.385. The summed E-state index contributed by atoms with van der Waals surface area (Å²) in [6, 6.07) is 10.7. The second-order valence-electron chi connectivity index (χ2n) is 3.71. The van der Waals surface area contributed by atoms with Gasteiger partial charge >= 0.3 is 0 Å². The monoisotopic (exact) mass is 174 g/mol. The van der Waals surface area contributed by atoms with Gasteiger partial charge < -0.3 is 0 Å². The molecule has 0 fully saturated rings. The van der Waals surface area contributed by atoms with Crippen LogP contribution in [0.15, 0.2) is 42.5 Å². The average molecular weight is 174 g/mol. The third kappa shape index (κ3) is 2.73. The average Bonchev–Trinajstić information content (AvgIpc) is 2.15. The molecule has 0 aliphatic rings. The molecule has 0 saturated carbocycles. The Hall–Kier alpha value is -1.04. The predicted octanol–water partition coefficient (Wildman–Crippen LogP) is 4.00. The Balaban J connectivity index is 2.89. The van der Waals surface area contributed by atoms with E-state index in [1.807, 2.05) is 0 Å². The molecule has 0 heterocycles. The highest BCUT2D eigenvalue weighted by atomic mass is 14.1. The van der Waals surface area contributed by atoms with Crippen molar-refractivity contribution < 1.29 is 0 Å². The minimum atomic E-state index is 0.561. The van der Waals surface area contributed by atoms with Crippen molar-refractivity contribution in [3.63, 3.8) is 0 Å². The van der Waals surface area contributed by atoms with Gasteiger partial charge in [0.25, 0.3) is 0 Å². The Kier molecular flexibility index (Phi) is 3.75. The van der Waals surface area contributed by atoms with E-state index in [-0.39, 0.29) is 0 Å². The first-order valence-electron chi connectivity index (χ1n) is 4.93. The summed E-state index contributed by atoms with van der Waals surface area (Å²) < 4.78 is 0. The first kappa shape index (κ1) is 10.0. The smallest absolute Gasteiger partial charge is 0.00408 e. The fourth-order valence-corrected chi connectivity index (χ4v) is 1.60. The van der Waals surface area contributed by atoms with Gasteiger partial charge in [0.15, 0.2) is 0 Å². The maximum Gasteiger partial charge on any atom is 0.00408 e. The summed E-state index contributed by atoms with van der Waals surface area (Å²) in [5.41, 5.74) is 1.41. The molecule has 0 unspecified atom stereocenters. The predicted molar refractivity (Wildman–Crippen MR) is 58.8 cm³/mol. The molecule has 0 heteroatoms. The molecule has 0 spiro atoms. The van der Waals surface area contributed by atoms with Crippen LogP contribution in [0, 0.1) is 5.92 Å². The van der Waals surface area contributed by atoms with Crippen LogP contribution in [-0.2, 0) is 0 Å². The van der Waals surface area contributed by atoms with Crippen LogP contribution in [0.5, 0.6) is 0 Å². The Morgan fingerprint density at radius 3 is 2.15 bits per heavy atom. The van der Waals surface area contributed by atoms with E-state index in [0.717, 1.165) is 0 Å². The Morgan fingerprint density at radius 1 is 1.08 bits per heavy atom. The maximum absolute atomic E-state index is 2.28. The topological polar surface area (TPSA) is 0 Å². The SMILES string of the molecule is C/C=C/[C@H](c1ccccc1)C(C)C. The first-order valence-corrected chi connectivity index (χ1v) is 4.93. The second-order valence-corrected chi connectivity index (χ2v) is 3.71. The molecule has 0 aliphatic heterocycles. The highest BCUT2D eigenvalue weighted by molar-refractivity contribution is 5.24. The summed E-state index contributed by atoms with van der Waals surface area (Å²) in [5.74, 6) is 1.23. The van der Waals surface area contributed by atoms with Gasteiger partial charge in [0.05, 0.1) is 0 Å². The lowest BCUT2D eigenvalue weighted by atomic mass is 9.88. The van der Waals surface area contributed by atoms with Crippen LogP contribution < -0.4 is 0 Å². The summed E-state index contributed by atoms with van der Waals surface area (Å²) >= 11 is 0. The molecule has 0 aliphatic carbocycles. The number of hydrogen-bond acceptors (Lipinski definition) is 0. The van der Waals surface area contributed by atoms with Gasteiger partial charge in [-0.05, 0) is 18.4 Å². The maximum atomic E-state index is 2.28. The van der Waals surface area contributed by atoms with Crippen LogP contribution in [0.4, 0.5) is 0 Å². The van der Waals surface area contributed by atoms with Crippen LogP contribution in [0.1, 0.15) is 32.3 Å². The third-order valence-corrected chi connectivity index (χ3v) is 2.30. The van der Waals surface area contributed by atoms with Gasteiger partial charge in [-0.25, -0.2) is 0 Å². The van der Waals surface area contributed by atoms with Gasteiger partial charge in [0.1, 0.15) is 0 Å². The molecule has 1 rings (SSSR count). The van der Waals surface area contributed by atoms with Crippen molar-refractivity contribution >= 4 is 0 Å². The molecule has 1 aromatic rings. The van der Waals surface area contributed by atoms with Gasteiger partial charge in [0.2, 0.25) is 0 Å². The van der Waals surface area contributed by atoms with E-state index >= 15 is 0 Å². The standard InChI is InChI=1S/C13H18/c1-4-8-13(11(2)3)12-9-6-5-7-10-12/h4-11,13H,1-3H3/b8-4+/t13-/m0/s1. The van der Waals surface area contributed by atoms with Crippen LogP contribution in [0.3, 0.4) is 0 Å². The number of hydrogen-bond donors (Lipinski definition) is 0. The molecule has 70 valence electrons. The van der Waals surface area contributed by atoms with Crippen molar-refractivity contribution in [3.8, 4) is 0 Å². The lowest BCUT2D eigenvalue weighted by Crippen LogP contribution is -2.03. The van der Waals surface area contributed by atoms with Gasteiger partial charge in [-0.15, -0.1) is 0 Å². The van der Waals surface area contributed by atoms with Crippen LogP contribution in [0.2, 0.25) is 0 Å². The zero-order valence-corrected chi connectivity index (χ0v) is 8.70. The number of rotatable bonds is 3. The second kappa shape index (κ2) is 4.86. The Labute approximate surface area is 81.3 Å². The van der Waals surface area contributed by atoms with Crippen molar-refractivity contribution in [1.29, 1.82) is 0 Å². The summed E-state index contributed by atoms with van der Waals surface area (Å²) in [7, 11) is 0. The van der Waals surface area contributed by atoms with E-state index in [4.69, 9.17) is 0 Å². The van der Waals surface area contributed by atoms with Gasteiger partial charge in [-0.3, -0.25) is 0 Å². The molecule has 0 saturated heterocycles. The van der Waals surface area contributed by atoms with E-state index < -0.39 is 0 Å². The quantitative estimate of drug-likeness (QED) is 0.607. The molecule has 0 amide bonds. The van der Waals surface area contributed by atoms with Crippen molar-refractivity contribution in [2.24, 2.45) is 5.92 Å². The van der Waals surface area contributed by atoms with E-state index in [2.05, 4.69) is 63.3 Å². The summed E-state index contributed by atoms with van der Waals surface area (Å²) in [6.07, 6.45) is 4.41. The van der Waals surface area contributed by atoms with Gasteiger partial charge in [-0.2, -0.15) is 0 Å². The largest absolute Gasteiger partial charge is 0.0910 e.